The number of hydrogen-bond acceptors (Lipinski definition) is 1. The Labute approximate surface area is 131 Å². The molecule has 1 aromatic rings. The molecular formula is C20H31N. The Morgan fingerprint density at radius 1 is 1.33 bits per heavy atom. The molecule has 0 aromatic heterocycles. The van der Waals surface area contributed by atoms with E-state index in [1.165, 1.54) is 22.4 Å². The van der Waals surface area contributed by atoms with Crippen molar-refractivity contribution in [2.24, 2.45) is 0 Å². The van der Waals surface area contributed by atoms with Crippen LogP contribution in [0.2, 0.25) is 0 Å². The second-order valence-electron chi connectivity index (χ2n) is 5.85. The molecule has 1 aromatic carbocycles. The number of nitrogens with zero attached hydrogens (tertiary/aromatic N) is 1. The fourth-order valence-electron chi connectivity index (χ4n) is 2.92. The minimum Gasteiger partial charge on any atom is -0.373 e. The van der Waals surface area contributed by atoms with Crippen LogP contribution in [0.5, 0.6) is 0 Å². The van der Waals surface area contributed by atoms with Crippen LogP contribution in [0, 0.1) is 6.92 Å². The van der Waals surface area contributed by atoms with E-state index in [9.17, 15) is 0 Å². The first-order chi connectivity index (χ1) is 10.0. The van der Waals surface area contributed by atoms with Gasteiger partial charge in [-0.3, -0.25) is 0 Å². The molecule has 0 spiro atoms. The lowest BCUT2D eigenvalue weighted by molar-refractivity contribution is 0.273. The van der Waals surface area contributed by atoms with E-state index < -0.39 is 0 Å². The van der Waals surface area contributed by atoms with Crippen molar-refractivity contribution in [2.75, 3.05) is 6.54 Å². The maximum absolute atomic E-state index is 4.19. The van der Waals surface area contributed by atoms with E-state index in [1.807, 2.05) is 6.08 Å². The third kappa shape index (κ3) is 5.08. The molecule has 0 bridgehead atoms. The third-order valence-corrected chi connectivity index (χ3v) is 4.24. The SMILES string of the molecule is C=CCCc1ccc(CC(C)N(CC)C(=C)CC)cc1C. The maximum Gasteiger partial charge on any atom is 0.0298 e. The Hall–Kier alpha value is -1.50. The van der Waals surface area contributed by atoms with Gasteiger partial charge < -0.3 is 4.90 Å². The summed E-state index contributed by atoms with van der Waals surface area (Å²) in [6.45, 7) is 17.9. The summed E-state index contributed by atoms with van der Waals surface area (Å²) < 4.78 is 0. The van der Waals surface area contributed by atoms with E-state index in [1.54, 1.807) is 0 Å². The summed E-state index contributed by atoms with van der Waals surface area (Å²) in [6.07, 6.45) is 6.24. The number of aryl methyl sites for hydroxylation is 2. The van der Waals surface area contributed by atoms with E-state index in [0.717, 1.165) is 32.2 Å². The number of allylic oxidation sites excluding steroid dienone is 2. The molecular weight excluding hydrogens is 254 g/mol. The van der Waals surface area contributed by atoms with Gasteiger partial charge >= 0.3 is 0 Å². The summed E-state index contributed by atoms with van der Waals surface area (Å²) in [5.41, 5.74) is 5.50. The normalized spacial score (nSPS) is 12.0. The molecule has 21 heavy (non-hydrogen) atoms. The predicted molar refractivity (Wildman–Crippen MR) is 94.7 cm³/mol. The van der Waals surface area contributed by atoms with Crippen molar-refractivity contribution in [3.05, 3.63) is 59.8 Å². The monoisotopic (exact) mass is 285 g/mol. The van der Waals surface area contributed by atoms with Crippen LogP contribution in [-0.2, 0) is 12.8 Å². The third-order valence-electron chi connectivity index (χ3n) is 4.24. The van der Waals surface area contributed by atoms with Crippen LogP contribution in [0.25, 0.3) is 0 Å². The smallest absolute Gasteiger partial charge is 0.0298 e. The summed E-state index contributed by atoms with van der Waals surface area (Å²) in [5.74, 6) is 0. The summed E-state index contributed by atoms with van der Waals surface area (Å²) >= 11 is 0. The van der Waals surface area contributed by atoms with Gasteiger partial charge in [0.2, 0.25) is 0 Å². The lowest BCUT2D eigenvalue weighted by Gasteiger charge is -2.31. The molecule has 0 aliphatic rings. The van der Waals surface area contributed by atoms with Gasteiger partial charge in [-0.2, -0.15) is 0 Å². The van der Waals surface area contributed by atoms with Gasteiger partial charge in [0.15, 0.2) is 0 Å². The molecule has 1 rings (SSSR count). The van der Waals surface area contributed by atoms with Crippen LogP contribution in [0.1, 0.15) is 50.3 Å². The molecule has 0 saturated carbocycles. The van der Waals surface area contributed by atoms with E-state index in [-0.39, 0.29) is 0 Å². The second kappa shape index (κ2) is 8.71. The molecule has 1 nitrogen and oxygen atoms in total. The maximum atomic E-state index is 4.19. The first-order valence-electron chi connectivity index (χ1n) is 8.17. The summed E-state index contributed by atoms with van der Waals surface area (Å²) in [5, 5.41) is 0. The Morgan fingerprint density at radius 3 is 2.57 bits per heavy atom. The van der Waals surface area contributed by atoms with Gasteiger partial charge in [-0.1, -0.05) is 37.8 Å². The summed E-state index contributed by atoms with van der Waals surface area (Å²) in [4.78, 5) is 2.42. The molecule has 0 fully saturated rings. The van der Waals surface area contributed by atoms with Crippen molar-refractivity contribution in [1.29, 1.82) is 0 Å². The average Bonchev–Trinajstić information content (AvgIpc) is 2.47. The van der Waals surface area contributed by atoms with Crippen LogP contribution in [-0.4, -0.2) is 17.5 Å². The zero-order chi connectivity index (χ0) is 15.8. The van der Waals surface area contributed by atoms with Gasteiger partial charge in [0.1, 0.15) is 0 Å². The highest BCUT2D eigenvalue weighted by molar-refractivity contribution is 5.32. The number of hydrogen-bond donors (Lipinski definition) is 0. The van der Waals surface area contributed by atoms with Gasteiger partial charge in [-0.15, -0.1) is 6.58 Å². The molecule has 0 saturated heterocycles. The minimum absolute atomic E-state index is 0.501. The Morgan fingerprint density at radius 2 is 2.05 bits per heavy atom. The Balaban J connectivity index is 2.76. The van der Waals surface area contributed by atoms with Crippen molar-refractivity contribution in [3.8, 4) is 0 Å². The van der Waals surface area contributed by atoms with E-state index in [2.05, 4.69) is 64.0 Å². The van der Waals surface area contributed by atoms with E-state index in [0.29, 0.717) is 6.04 Å². The van der Waals surface area contributed by atoms with Crippen LogP contribution in [0.4, 0.5) is 0 Å². The van der Waals surface area contributed by atoms with Crippen molar-refractivity contribution >= 4 is 0 Å². The largest absolute Gasteiger partial charge is 0.373 e. The quantitative estimate of drug-likeness (QED) is 0.557. The molecule has 0 radical (unpaired) electrons. The average molecular weight is 285 g/mol. The van der Waals surface area contributed by atoms with Crippen LogP contribution in [0.15, 0.2) is 43.1 Å². The lowest BCUT2D eigenvalue weighted by Crippen LogP contribution is -2.33. The first kappa shape index (κ1) is 17.6. The standard InChI is InChI=1S/C20H31N/c1-7-10-11-20-13-12-19(14-16(20)4)15-18(6)21(9-3)17(5)8-2/h7,12-14,18H,1,5,8-11,15H2,2-4,6H3. The highest BCUT2D eigenvalue weighted by Gasteiger charge is 2.13. The van der Waals surface area contributed by atoms with Gasteiger partial charge in [0, 0.05) is 18.3 Å². The van der Waals surface area contributed by atoms with Crippen LogP contribution >= 0.6 is 0 Å². The molecule has 0 aliphatic heterocycles. The molecule has 116 valence electrons. The molecule has 0 N–H and O–H groups in total. The zero-order valence-corrected chi connectivity index (χ0v) is 14.3. The zero-order valence-electron chi connectivity index (χ0n) is 14.3. The van der Waals surface area contributed by atoms with Crippen LogP contribution < -0.4 is 0 Å². The van der Waals surface area contributed by atoms with E-state index in [4.69, 9.17) is 0 Å². The molecule has 1 heteroatoms. The molecule has 0 heterocycles. The van der Waals surface area contributed by atoms with Crippen molar-refractivity contribution in [1.82, 2.24) is 4.90 Å². The molecule has 0 aliphatic carbocycles. The minimum atomic E-state index is 0.501. The Kier molecular flexibility index (Phi) is 7.28. The van der Waals surface area contributed by atoms with Crippen molar-refractivity contribution < 1.29 is 0 Å². The molecule has 1 atom stereocenters. The lowest BCUT2D eigenvalue weighted by atomic mass is 9.97. The summed E-state index contributed by atoms with van der Waals surface area (Å²) in [7, 11) is 0. The van der Waals surface area contributed by atoms with E-state index >= 15 is 0 Å². The number of rotatable bonds is 9. The number of benzene rings is 1. The fourth-order valence-corrected chi connectivity index (χ4v) is 2.92. The fraction of sp³-hybridized carbons (Fsp3) is 0.500. The van der Waals surface area contributed by atoms with Gasteiger partial charge in [0.05, 0.1) is 0 Å². The molecule has 0 amide bonds. The molecule has 1 unspecified atom stereocenters. The van der Waals surface area contributed by atoms with Gasteiger partial charge in [-0.25, -0.2) is 0 Å². The van der Waals surface area contributed by atoms with Crippen LogP contribution in [0.3, 0.4) is 0 Å². The first-order valence-corrected chi connectivity index (χ1v) is 8.17. The highest BCUT2D eigenvalue weighted by Crippen LogP contribution is 2.18. The number of likely N-dealkylation sites (N-methyl/N-ethyl adjacent to an activating group) is 1. The topological polar surface area (TPSA) is 3.24 Å². The second-order valence-corrected chi connectivity index (χ2v) is 5.85. The van der Waals surface area contributed by atoms with Crippen molar-refractivity contribution in [3.63, 3.8) is 0 Å². The Bertz CT molecular complexity index is 473. The predicted octanol–water partition coefficient (Wildman–Crippen LogP) is 5.29. The summed E-state index contributed by atoms with van der Waals surface area (Å²) in [6, 6.07) is 7.41. The van der Waals surface area contributed by atoms with Crippen molar-refractivity contribution in [2.45, 2.75) is 59.4 Å². The van der Waals surface area contributed by atoms with Gasteiger partial charge in [-0.05, 0) is 63.1 Å². The van der Waals surface area contributed by atoms with Gasteiger partial charge in [0.25, 0.3) is 0 Å². The highest BCUT2D eigenvalue weighted by atomic mass is 15.2.